The predicted octanol–water partition coefficient (Wildman–Crippen LogP) is 3.19. The first-order chi connectivity index (χ1) is 10.2. The van der Waals surface area contributed by atoms with E-state index in [2.05, 4.69) is 25.3 Å². The van der Waals surface area contributed by atoms with Crippen LogP contribution in [0.1, 0.15) is 24.5 Å². The normalized spacial score (nSPS) is 14.6. The number of nitrogens with zero attached hydrogens (tertiary/aromatic N) is 4. The quantitative estimate of drug-likeness (QED) is 0.803. The van der Waals surface area contributed by atoms with Crippen LogP contribution >= 0.6 is 11.6 Å². The molecule has 1 fully saturated rings. The van der Waals surface area contributed by atoms with Crippen LogP contribution < -0.4 is 0 Å². The third kappa shape index (κ3) is 2.19. The molecule has 3 heterocycles. The van der Waals surface area contributed by atoms with Gasteiger partial charge in [0.05, 0.1) is 11.9 Å². The van der Waals surface area contributed by atoms with E-state index >= 15 is 0 Å². The molecule has 3 aromatic heterocycles. The third-order valence-corrected chi connectivity index (χ3v) is 3.61. The van der Waals surface area contributed by atoms with Crippen LogP contribution in [0.2, 0.25) is 5.15 Å². The highest BCUT2D eigenvalue weighted by Crippen LogP contribution is 2.45. The minimum Gasteiger partial charge on any atom is -0.333 e. The van der Waals surface area contributed by atoms with Gasteiger partial charge in [-0.2, -0.15) is 10.1 Å². The molecule has 3 aromatic rings. The fraction of sp³-hybridized carbons (Fsp3) is 0.231. The predicted molar refractivity (Wildman–Crippen MR) is 72.1 cm³/mol. The molecule has 0 radical (unpaired) electrons. The summed E-state index contributed by atoms with van der Waals surface area (Å²) in [5, 5.41) is 11.1. The summed E-state index contributed by atoms with van der Waals surface area (Å²) in [6.45, 7) is 0. The number of rotatable bonds is 3. The zero-order valence-electron chi connectivity index (χ0n) is 10.7. The molecule has 1 saturated carbocycles. The third-order valence-electron chi connectivity index (χ3n) is 3.33. The molecular formula is C13H9ClFN5O. The lowest BCUT2D eigenvalue weighted by molar-refractivity contribution is 0.431. The van der Waals surface area contributed by atoms with Gasteiger partial charge in [-0.05, 0) is 25.0 Å². The van der Waals surface area contributed by atoms with Crippen LogP contribution in [-0.2, 0) is 0 Å². The van der Waals surface area contributed by atoms with Gasteiger partial charge in [-0.1, -0.05) is 16.8 Å². The topological polar surface area (TPSA) is 80.5 Å². The molecule has 6 nitrogen and oxygen atoms in total. The van der Waals surface area contributed by atoms with Crippen molar-refractivity contribution in [3.63, 3.8) is 0 Å². The van der Waals surface area contributed by atoms with Crippen molar-refractivity contribution in [2.45, 2.75) is 18.8 Å². The maximum absolute atomic E-state index is 12.9. The van der Waals surface area contributed by atoms with Gasteiger partial charge >= 0.3 is 0 Å². The summed E-state index contributed by atoms with van der Waals surface area (Å²) < 4.78 is 18.1. The zero-order valence-corrected chi connectivity index (χ0v) is 11.4. The summed E-state index contributed by atoms with van der Waals surface area (Å²) in [6.07, 6.45) is 3.28. The lowest BCUT2D eigenvalue weighted by Crippen LogP contribution is -1.88. The lowest BCUT2D eigenvalue weighted by Gasteiger charge is -1.95. The molecule has 4 rings (SSSR count). The standard InChI is InChI=1S/C13H9ClFN5O/c14-11-9(10(18-19-11)6-1-2-6)13-17-12(20-21-13)8-4-3-7(15)5-16-8/h3-6H,1-2H2,(H,18,19). The largest absolute Gasteiger partial charge is 0.333 e. The van der Waals surface area contributed by atoms with Crippen LogP contribution in [0.3, 0.4) is 0 Å². The number of aromatic amines is 1. The van der Waals surface area contributed by atoms with Crippen LogP contribution in [0.4, 0.5) is 4.39 Å². The van der Waals surface area contributed by atoms with Crippen molar-refractivity contribution in [1.82, 2.24) is 25.3 Å². The Balaban J connectivity index is 1.74. The van der Waals surface area contributed by atoms with E-state index < -0.39 is 5.82 Å². The fourth-order valence-electron chi connectivity index (χ4n) is 2.14. The number of nitrogens with one attached hydrogen (secondary N) is 1. The summed E-state index contributed by atoms with van der Waals surface area (Å²) in [4.78, 5) is 8.20. The van der Waals surface area contributed by atoms with E-state index in [1.807, 2.05) is 0 Å². The van der Waals surface area contributed by atoms with Crippen LogP contribution in [0, 0.1) is 5.82 Å². The van der Waals surface area contributed by atoms with Gasteiger partial charge in [0.15, 0.2) is 5.15 Å². The Labute approximate surface area is 123 Å². The molecule has 0 unspecified atom stereocenters. The number of halogens is 2. The Morgan fingerprint density at radius 2 is 2.19 bits per heavy atom. The summed E-state index contributed by atoms with van der Waals surface area (Å²) >= 11 is 6.09. The van der Waals surface area contributed by atoms with Gasteiger partial charge < -0.3 is 4.52 Å². The van der Waals surface area contributed by atoms with E-state index in [1.165, 1.54) is 12.1 Å². The van der Waals surface area contributed by atoms with Gasteiger partial charge in [-0.25, -0.2) is 9.37 Å². The van der Waals surface area contributed by atoms with Gasteiger partial charge in [0, 0.05) is 5.92 Å². The highest BCUT2D eigenvalue weighted by molar-refractivity contribution is 6.32. The number of hydrogen-bond acceptors (Lipinski definition) is 5. The minimum absolute atomic E-state index is 0.281. The average molecular weight is 306 g/mol. The van der Waals surface area contributed by atoms with Crippen molar-refractivity contribution < 1.29 is 8.91 Å². The van der Waals surface area contributed by atoms with E-state index in [1.54, 1.807) is 0 Å². The van der Waals surface area contributed by atoms with Crippen LogP contribution in [0.15, 0.2) is 22.9 Å². The SMILES string of the molecule is Fc1ccc(-c2noc(-c3c(Cl)n[nH]c3C3CC3)n2)nc1. The second-order valence-electron chi connectivity index (χ2n) is 4.86. The van der Waals surface area contributed by atoms with Gasteiger partial charge in [-0.3, -0.25) is 5.10 Å². The first kappa shape index (κ1) is 12.5. The molecule has 0 bridgehead atoms. The highest BCUT2D eigenvalue weighted by Gasteiger charge is 2.32. The molecule has 0 saturated heterocycles. The van der Waals surface area contributed by atoms with Crippen molar-refractivity contribution in [2.24, 2.45) is 0 Å². The summed E-state index contributed by atoms with van der Waals surface area (Å²) in [6, 6.07) is 2.78. The van der Waals surface area contributed by atoms with E-state index in [-0.39, 0.29) is 11.7 Å². The summed E-state index contributed by atoms with van der Waals surface area (Å²) in [7, 11) is 0. The molecule has 1 aliphatic rings. The second kappa shape index (κ2) is 4.63. The van der Waals surface area contributed by atoms with E-state index in [0.717, 1.165) is 24.7 Å². The monoisotopic (exact) mass is 305 g/mol. The van der Waals surface area contributed by atoms with Crippen LogP contribution in [0.25, 0.3) is 23.0 Å². The van der Waals surface area contributed by atoms with Gasteiger partial charge in [-0.15, -0.1) is 0 Å². The molecule has 106 valence electrons. The first-order valence-electron chi connectivity index (χ1n) is 6.42. The molecule has 0 atom stereocenters. The van der Waals surface area contributed by atoms with Crippen molar-refractivity contribution >= 4 is 11.6 Å². The average Bonchev–Trinajstić information content (AvgIpc) is 3.09. The van der Waals surface area contributed by atoms with Crippen molar-refractivity contribution in [2.75, 3.05) is 0 Å². The Morgan fingerprint density at radius 3 is 2.90 bits per heavy atom. The number of H-pyrrole nitrogens is 1. The van der Waals surface area contributed by atoms with E-state index in [0.29, 0.717) is 22.3 Å². The lowest BCUT2D eigenvalue weighted by atomic mass is 10.2. The summed E-state index contributed by atoms with van der Waals surface area (Å²) in [5.41, 5.74) is 1.99. The molecule has 0 aliphatic heterocycles. The van der Waals surface area contributed by atoms with Crippen LogP contribution in [-0.4, -0.2) is 25.3 Å². The molecule has 8 heteroatoms. The number of hydrogen-bond donors (Lipinski definition) is 1. The second-order valence-corrected chi connectivity index (χ2v) is 5.22. The van der Waals surface area contributed by atoms with Crippen LogP contribution in [0.5, 0.6) is 0 Å². The maximum Gasteiger partial charge on any atom is 0.263 e. The number of pyridine rings is 1. The van der Waals surface area contributed by atoms with Crippen molar-refractivity contribution in [3.05, 3.63) is 35.0 Å². The molecule has 1 N–H and O–H groups in total. The van der Waals surface area contributed by atoms with Crippen molar-refractivity contribution in [1.29, 1.82) is 0 Å². The molecule has 21 heavy (non-hydrogen) atoms. The maximum atomic E-state index is 12.9. The molecular weight excluding hydrogens is 297 g/mol. The van der Waals surface area contributed by atoms with Gasteiger partial charge in [0.25, 0.3) is 5.89 Å². The molecule has 1 aliphatic carbocycles. The van der Waals surface area contributed by atoms with Crippen molar-refractivity contribution in [3.8, 4) is 23.0 Å². The highest BCUT2D eigenvalue weighted by atomic mass is 35.5. The Morgan fingerprint density at radius 1 is 1.33 bits per heavy atom. The van der Waals surface area contributed by atoms with E-state index in [4.69, 9.17) is 16.1 Å². The fourth-order valence-corrected chi connectivity index (χ4v) is 2.37. The number of aromatic nitrogens is 5. The Bertz CT molecular complexity index is 793. The molecule has 0 spiro atoms. The smallest absolute Gasteiger partial charge is 0.263 e. The molecule has 0 aromatic carbocycles. The first-order valence-corrected chi connectivity index (χ1v) is 6.80. The molecule has 0 amide bonds. The Kier molecular flexibility index (Phi) is 2.75. The zero-order chi connectivity index (χ0) is 14.4. The van der Waals surface area contributed by atoms with E-state index in [9.17, 15) is 4.39 Å². The summed E-state index contributed by atoms with van der Waals surface area (Å²) in [5.74, 6) is 0.566. The Hall–Kier alpha value is -2.28. The van der Waals surface area contributed by atoms with Gasteiger partial charge in [0.1, 0.15) is 17.1 Å². The van der Waals surface area contributed by atoms with Gasteiger partial charge in [0.2, 0.25) is 5.82 Å². The minimum atomic E-state index is -0.420.